The molecule has 3 N–H and O–H groups in total. The number of rotatable bonds is 8. The molecule has 1 fully saturated rings. The highest BCUT2D eigenvalue weighted by Gasteiger charge is 2.28. The van der Waals surface area contributed by atoms with Crippen LogP contribution in [0.25, 0.3) is 0 Å². The Balaban J connectivity index is 1.79. The molecule has 1 aromatic rings. The Hall–Kier alpha value is -1.18. The summed E-state index contributed by atoms with van der Waals surface area (Å²) >= 11 is 0. The molecule has 6 heteroatoms. The lowest BCUT2D eigenvalue weighted by atomic mass is 9.91. The molecule has 0 aromatic heterocycles. The van der Waals surface area contributed by atoms with Crippen molar-refractivity contribution < 1.29 is 14.6 Å². The molecule has 1 aliphatic rings. The molecular formula is C19H29N2O3P. The van der Waals surface area contributed by atoms with E-state index in [0.717, 1.165) is 31.2 Å². The monoisotopic (exact) mass is 364 g/mol. The minimum atomic E-state index is -3.29. The van der Waals surface area contributed by atoms with Crippen LogP contribution in [-0.2, 0) is 4.57 Å². The van der Waals surface area contributed by atoms with Crippen molar-refractivity contribution >= 4 is 7.37 Å². The fourth-order valence-corrected chi connectivity index (χ4v) is 5.66. The predicted molar refractivity (Wildman–Crippen MR) is 99.7 cm³/mol. The van der Waals surface area contributed by atoms with Gasteiger partial charge in [-0.3, -0.25) is 4.57 Å². The maximum absolute atomic E-state index is 12.4. The fraction of sp³-hybridized carbons (Fsp3) is 0.632. The van der Waals surface area contributed by atoms with Crippen LogP contribution in [0.3, 0.4) is 0 Å². The SMILES string of the molecule is C[C@@H](NC[C@H](O)CP(=O)(O)CC1CCCCC1)c1cccc(C#N)c1. The van der Waals surface area contributed by atoms with Crippen LogP contribution in [0, 0.1) is 17.2 Å². The molecule has 1 aliphatic carbocycles. The van der Waals surface area contributed by atoms with Crippen molar-refractivity contribution in [3.63, 3.8) is 0 Å². The molecule has 0 aliphatic heterocycles. The largest absolute Gasteiger partial charge is 0.391 e. The maximum Gasteiger partial charge on any atom is 0.203 e. The number of aliphatic hydroxyl groups is 1. The van der Waals surface area contributed by atoms with Crippen molar-refractivity contribution in [2.75, 3.05) is 18.9 Å². The molecule has 5 nitrogen and oxygen atoms in total. The topological polar surface area (TPSA) is 93.3 Å². The van der Waals surface area contributed by atoms with E-state index in [0.29, 0.717) is 17.6 Å². The molecule has 0 heterocycles. The summed E-state index contributed by atoms with van der Waals surface area (Å²) in [6.07, 6.45) is 5.02. The van der Waals surface area contributed by atoms with Gasteiger partial charge in [0, 0.05) is 18.7 Å². The van der Waals surface area contributed by atoms with E-state index in [1.807, 2.05) is 25.1 Å². The first-order valence-corrected chi connectivity index (χ1v) is 11.1. The van der Waals surface area contributed by atoms with Crippen LogP contribution in [0.4, 0.5) is 0 Å². The second kappa shape index (κ2) is 9.50. The van der Waals surface area contributed by atoms with E-state index in [1.54, 1.807) is 6.07 Å². The highest BCUT2D eigenvalue weighted by molar-refractivity contribution is 7.58. The molecule has 3 atom stereocenters. The smallest absolute Gasteiger partial charge is 0.203 e. The summed E-state index contributed by atoms with van der Waals surface area (Å²) in [5, 5.41) is 22.3. The summed E-state index contributed by atoms with van der Waals surface area (Å²) < 4.78 is 12.4. The van der Waals surface area contributed by atoms with Crippen LogP contribution in [0.15, 0.2) is 24.3 Å². The van der Waals surface area contributed by atoms with Crippen LogP contribution < -0.4 is 5.32 Å². The summed E-state index contributed by atoms with van der Waals surface area (Å²) in [5.74, 6) is 0.331. The molecule has 25 heavy (non-hydrogen) atoms. The van der Waals surface area contributed by atoms with E-state index in [1.165, 1.54) is 6.42 Å². The minimum Gasteiger partial charge on any atom is -0.391 e. The van der Waals surface area contributed by atoms with Gasteiger partial charge in [0.25, 0.3) is 0 Å². The van der Waals surface area contributed by atoms with Gasteiger partial charge >= 0.3 is 0 Å². The highest BCUT2D eigenvalue weighted by Crippen LogP contribution is 2.45. The van der Waals surface area contributed by atoms with Gasteiger partial charge in [0.2, 0.25) is 7.37 Å². The fourth-order valence-electron chi connectivity index (χ4n) is 3.55. The van der Waals surface area contributed by atoms with Gasteiger partial charge in [0.05, 0.1) is 23.9 Å². The lowest BCUT2D eigenvalue weighted by Crippen LogP contribution is -2.32. The Bertz CT molecular complexity index is 638. The number of benzene rings is 1. The molecule has 0 spiro atoms. The van der Waals surface area contributed by atoms with E-state index in [2.05, 4.69) is 11.4 Å². The third-order valence-electron chi connectivity index (χ3n) is 4.94. The molecule has 0 bridgehead atoms. The highest BCUT2D eigenvalue weighted by atomic mass is 31.2. The maximum atomic E-state index is 12.4. The van der Waals surface area contributed by atoms with Crippen molar-refractivity contribution in [2.45, 2.75) is 51.2 Å². The van der Waals surface area contributed by atoms with Gasteiger partial charge in [-0.05, 0) is 43.4 Å². The molecule has 1 aromatic carbocycles. The molecule has 0 amide bonds. The number of aliphatic hydroxyl groups excluding tert-OH is 1. The number of nitrogens with zero attached hydrogens (tertiary/aromatic N) is 1. The number of nitrogens with one attached hydrogen (secondary N) is 1. The van der Waals surface area contributed by atoms with Crippen LogP contribution in [0.2, 0.25) is 0 Å². The van der Waals surface area contributed by atoms with E-state index in [9.17, 15) is 14.6 Å². The van der Waals surface area contributed by atoms with Gasteiger partial charge in [0.15, 0.2) is 0 Å². The van der Waals surface area contributed by atoms with Gasteiger partial charge < -0.3 is 15.3 Å². The van der Waals surface area contributed by atoms with Gasteiger partial charge in [0.1, 0.15) is 0 Å². The van der Waals surface area contributed by atoms with Crippen LogP contribution in [0.5, 0.6) is 0 Å². The van der Waals surface area contributed by atoms with Crippen molar-refractivity contribution in [1.29, 1.82) is 5.26 Å². The lowest BCUT2D eigenvalue weighted by molar-refractivity contribution is 0.186. The Morgan fingerprint density at radius 3 is 2.76 bits per heavy atom. The Morgan fingerprint density at radius 1 is 1.36 bits per heavy atom. The van der Waals surface area contributed by atoms with Crippen LogP contribution in [-0.4, -0.2) is 35.0 Å². The standard InChI is InChI=1S/C19H29N2O3P/c1-15(18-9-5-8-17(10-18)11-20)21-12-19(22)14-25(23,24)13-16-6-3-2-4-7-16/h5,8-10,15-16,19,21-22H,2-4,6-7,12-14H2,1H3,(H,23,24)/t15-,19+/m1/s1. The molecule has 0 radical (unpaired) electrons. The molecular weight excluding hydrogens is 335 g/mol. The number of hydrogen-bond acceptors (Lipinski definition) is 4. The normalized spacial score (nSPS) is 20.4. The first kappa shape index (κ1) is 20.1. The summed E-state index contributed by atoms with van der Waals surface area (Å²) in [4.78, 5) is 10.2. The summed E-state index contributed by atoms with van der Waals surface area (Å²) in [5.41, 5.74) is 1.56. The summed E-state index contributed by atoms with van der Waals surface area (Å²) in [6.45, 7) is 2.21. The predicted octanol–water partition coefficient (Wildman–Crippen LogP) is 3.42. The third kappa shape index (κ3) is 6.92. The Morgan fingerprint density at radius 2 is 2.08 bits per heavy atom. The van der Waals surface area contributed by atoms with E-state index >= 15 is 0 Å². The molecule has 1 unspecified atom stereocenters. The zero-order valence-electron chi connectivity index (χ0n) is 14.9. The van der Waals surface area contributed by atoms with Gasteiger partial charge in [-0.15, -0.1) is 0 Å². The molecule has 1 saturated carbocycles. The molecule has 138 valence electrons. The first-order chi connectivity index (χ1) is 11.9. The lowest BCUT2D eigenvalue weighted by Gasteiger charge is -2.25. The van der Waals surface area contributed by atoms with Crippen LogP contribution in [0.1, 0.15) is 56.2 Å². The van der Waals surface area contributed by atoms with Crippen molar-refractivity contribution in [2.24, 2.45) is 5.92 Å². The first-order valence-electron chi connectivity index (χ1n) is 9.12. The summed E-state index contributed by atoms with van der Waals surface area (Å²) in [6, 6.07) is 9.37. The second-order valence-corrected chi connectivity index (χ2v) is 9.66. The average molecular weight is 364 g/mol. The zero-order chi connectivity index (χ0) is 18.3. The Kier molecular flexibility index (Phi) is 7.65. The molecule has 2 rings (SSSR count). The number of nitriles is 1. The van der Waals surface area contributed by atoms with E-state index in [4.69, 9.17) is 5.26 Å². The van der Waals surface area contributed by atoms with Crippen molar-refractivity contribution in [3.8, 4) is 6.07 Å². The van der Waals surface area contributed by atoms with Crippen molar-refractivity contribution in [3.05, 3.63) is 35.4 Å². The van der Waals surface area contributed by atoms with Crippen LogP contribution >= 0.6 is 7.37 Å². The third-order valence-corrected chi connectivity index (χ3v) is 7.02. The zero-order valence-corrected chi connectivity index (χ0v) is 15.8. The number of hydrogen-bond donors (Lipinski definition) is 3. The molecule has 0 saturated heterocycles. The Labute approximate surface area is 150 Å². The quantitative estimate of drug-likeness (QED) is 0.615. The van der Waals surface area contributed by atoms with E-state index in [-0.39, 0.29) is 18.7 Å². The van der Waals surface area contributed by atoms with E-state index < -0.39 is 13.5 Å². The van der Waals surface area contributed by atoms with Crippen molar-refractivity contribution in [1.82, 2.24) is 5.32 Å². The summed E-state index contributed by atoms with van der Waals surface area (Å²) in [7, 11) is -3.29. The van der Waals surface area contributed by atoms with Gasteiger partial charge in [-0.25, -0.2) is 0 Å². The minimum absolute atomic E-state index is 0.0422. The second-order valence-electron chi connectivity index (χ2n) is 7.24. The van der Waals surface area contributed by atoms with Gasteiger partial charge in [-0.1, -0.05) is 31.4 Å². The van der Waals surface area contributed by atoms with Gasteiger partial charge in [-0.2, -0.15) is 5.26 Å². The average Bonchev–Trinajstić information content (AvgIpc) is 2.59.